The molecule has 1 rings (SSSR count). The van der Waals surface area contributed by atoms with Crippen molar-refractivity contribution in [1.82, 2.24) is 0 Å². The lowest BCUT2D eigenvalue weighted by Crippen LogP contribution is -2.20. The van der Waals surface area contributed by atoms with E-state index in [-0.39, 0.29) is 25.6 Å². The van der Waals surface area contributed by atoms with Crippen LogP contribution in [0.25, 0.3) is 10.4 Å². The molecule has 21 heavy (non-hydrogen) atoms. The zero-order valence-electron chi connectivity index (χ0n) is 11.9. The van der Waals surface area contributed by atoms with E-state index in [0.29, 0.717) is 17.7 Å². The Morgan fingerprint density at radius 3 is 3.00 bits per heavy atom. The molecule has 0 fully saturated rings. The summed E-state index contributed by atoms with van der Waals surface area (Å²) in [5.41, 5.74) is 9.01. The van der Waals surface area contributed by atoms with E-state index < -0.39 is 6.23 Å². The van der Waals surface area contributed by atoms with Crippen LogP contribution >= 0.6 is 0 Å². The van der Waals surface area contributed by atoms with Crippen LogP contribution in [0.15, 0.2) is 29.4 Å². The predicted octanol–water partition coefficient (Wildman–Crippen LogP) is 2.69. The number of benzene rings is 1. The standard InChI is InChI=1S/C14H19N3O4/c1-2-4-13(19)11-5-3-6-12(9-11)21-10-14(16-17-15)20-8-7-18/h3,5-6,9,14,18H,2,4,7-8,10H2,1H3. The van der Waals surface area contributed by atoms with E-state index in [4.69, 9.17) is 20.1 Å². The molecule has 0 aromatic heterocycles. The van der Waals surface area contributed by atoms with Crippen molar-refractivity contribution >= 4 is 5.78 Å². The summed E-state index contributed by atoms with van der Waals surface area (Å²) in [5, 5.41) is 12.1. The van der Waals surface area contributed by atoms with Gasteiger partial charge in [0, 0.05) is 16.9 Å². The van der Waals surface area contributed by atoms with Crippen LogP contribution in [0.1, 0.15) is 30.1 Å². The molecule has 0 spiro atoms. The van der Waals surface area contributed by atoms with Gasteiger partial charge >= 0.3 is 0 Å². The third-order valence-electron chi connectivity index (χ3n) is 2.61. The van der Waals surface area contributed by atoms with Crippen molar-refractivity contribution in [3.63, 3.8) is 0 Å². The van der Waals surface area contributed by atoms with Crippen LogP contribution in [-0.2, 0) is 4.74 Å². The predicted molar refractivity (Wildman–Crippen MR) is 77.1 cm³/mol. The van der Waals surface area contributed by atoms with E-state index in [1.54, 1.807) is 24.3 Å². The van der Waals surface area contributed by atoms with Crippen LogP contribution in [-0.4, -0.2) is 36.9 Å². The van der Waals surface area contributed by atoms with Gasteiger partial charge in [-0.1, -0.05) is 24.2 Å². The highest BCUT2D eigenvalue weighted by Crippen LogP contribution is 2.16. The van der Waals surface area contributed by atoms with Gasteiger partial charge in [-0.2, -0.15) is 0 Å². The van der Waals surface area contributed by atoms with Gasteiger partial charge in [0.05, 0.1) is 13.2 Å². The van der Waals surface area contributed by atoms with Gasteiger partial charge in [0.2, 0.25) is 0 Å². The average molecular weight is 293 g/mol. The van der Waals surface area contributed by atoms with Gasteiger partial charge in [-0.3, -0.25) is 4.79 Å². The number of aliphatic hydroxyl groups is 1. The number of nitrogens with zero attached hydrogens (tertiary/aromatic N) is 3. The Bertz CT molecular complexity index is 501. The Hall–Kier alpha value is -2.08. The Labute approximate surface area is 123 Å². The van der Waals surface area contributed by atoms with Crippen molar-refractivity contribution in [3.05, 3.63) is 40.3 Å². The minimum absolute atomic E-state index is 0.00941. The van der Waals surface area contributed by atoms with Gasteiger partial charge in [-0.15, -0.1) is 0 Å². The zero-order chi connectivity index (χ0) is 15.5. The summed E-state index contributed by atoms with van der Waals surface area (Å²) < 4.78 is 10.6. The van der Waals surface area contributed by atoms with Crippen molar-refractivity contribution < 1.29 is 19.4 Å². The molecule has 1 unspecified atom stereocenters. The van der Waals surface area contributed by atoms with E-state index in [9.17, 15) is 4.79 Å². The smallest absolute Gasteiger partial charge is 0.170 e. The topological polar surface area (TPSA) is 105 Å². The van der Waals surface area contributed by atoms with Gasteiger partial charge < -0.3 is 14.6 Å². The van der Waals surface area contributed by atoms with Crippen molar-refractivity contribution in [2.45, 2.75) is 26.0 Å². The molecule has 7 nitrogen and oxygen atoms in total. The van der Waals surface area contributed by atoms with Crippen molar-refractivity contribution in [2.75, 3.05) is 19.8 Å². The minimum atomic E-state index is -0.822. The molecule has 0 aliphatic carbocycles. The molecular weight excluding hydrogens is 274 g/mol. The van der Waals surface area contributed by atoms with Gasteiger partial charge in [0.15, 0.2) is 12.0 Å². The number of ketones is 1. The van der Waals surface area contributed by atoms with Crippen LogP contribution < -0.4 is 4.74 Å². The molecule has 0 bridgehead atoms. The second-order valence-electron chi connectivity index (χ2n) is 4.27. The molecule has 0 saturated heterocycles. The number of Topliss-reactive ketones (excluding diaryl/α,β-unsaturated/α-hetero) is 1. The van der Waals surface area contributed by atoms with Crippen molar-refractivity contribution in [1.29, 1.82) is 0 Å². The summed E-state index contributed by atoms with van der Waals surface area (Å²) in [6.07, 6.45) is 0.458. The van der Waals surface area contributed by atoms with Crippen LogP contribution in [0, 0.1) is 0 Å². The fourth-order valence-electron chi connectivity index (χ4n) is 1.66. The van der Waals surface area contributed by atoms with Gasteiger partial charge in [0.25, 0.3) is 0 Å². The van der Waals surface area contributed by atoms with Gasteiger partial charge in [-0.05, 0) is 24.1 Å². The first-order valence-corrected chi connectivity index (χ1v) is 6.74. The lowest BCUT2D eigenvalue weighted by Gasteiger charge is -2.13. The number of hydrogen-bond acceptors (Lipinski definition) is 5. The number of aliphatic hydroxyl groups excluding tert-OH is 1. The molecule has 0 aliphatic heterocycles. The first-order chi connectivity index (χ1) is 10.2. The van der Waals surface area contributed by atoms with Crippen LogP contribution in [0.4, 0.5) is 0 Å². The number of ether oxygens (including phenoxy) is 2. The molecule has 0 saturated carbocycles. The summed E-state index contributed by atoms with van der Waals surface area (Å²) in [6.45, 7) is 1.84. The van der Waals surface area contributed by atoms with Crippen molar-refractivity contribution in [2.24, 2.45) is 5.11 Å². The Kier molecular flexibility index (Phi) is 7.89. The van der Waals surface area contributed by atoms with Crippen LogP contribution in [0.3, 0.4) is 0 Å². The minimum Gasteiger partial charge on any atom is -0.491 e. The number of rotatable bonds is 10. The number of azide groups is 1. The molecular formula is C14H19N3O4. The molecule has 1 aromatic carbocycles. The highest BCUT2D eigenvalue weighted by Gasteiger charge is 2.09. The molecule has 0 radical (unpaired) electrons. The SMILES string of the molecule is CCCC(=O)c1cccc(OCC(N=[N+]=[N-])OCCO)c1. The summed E-state index contributed by atoms with van der Waals surface area (Å²) in [7, 11) is 0. The highest BCUT2D eigenvalue weighted by molar-refractivity contribution is 5.96. The van der Waals surface area contributed by atoms with E-state index in [2.05, 4.69) is 10.0 Å². The monoisotopic (exact) mass is 293 g/mol. The third kappa shape index (κ3) is 6.27. The quantitative estimate of drug-likeness (QED) is 0.310. The number of carbonyl (C=O) groups is 1. The lowest BCUT2D eigenvalue weighted by atomic mass is 10.1. The lowest BCUT2D eigenvalue weighted by molar-refractivity contribution is 0.00674. The van der Waals surface area contributed by atoms with Crippen LogP contribution in [0.5, 0.6) is 5.75 Å². The molecule has 7 heteroatoms. The molecule has 1 aromatic rings. The van der Waals surface area contributed by atoms with Gasteiger partial charge in [0.1, 0.15) is 12.4 Å². The summed E-state index contributed by atoms with van der Waals surface area (Å²) in [5.74, 6) is 0.564. The second-order valence-corrected chi connectivity index (χ2v) is 4.27. The highest BCUT2D eigenvalue weighted by atomic mass is 16.5. The maximum atomic E-state index is 11.8. The van der Waals surface area contributed by atoms with E-state index in [1.807, 2.05) is 6.92 Å². The van der Waals surface area contributed by atoms with Crippen molar-refractivity contribution in [3.8, 4) is 5.75 Å². The maximum absolute atomic E-state index is 11.8. The molecule has 0 amide bonds. The van der Waals surface area contributed by atoms with Crippen LogP contribution in [0.2, 0.25) is 0 Å². The fraction of sp³-hybridized carbons (Fsp3) is 0.500. The Balaban J connectivity index is 2.63. The summed E-state index contributed by atoms with van der Waals surface area (Å²) >= 11 is 0. The Morgan fingerprint density at radius 2 is 2.33 bits per heavy atom. The molecule has 0 heterocycles. The third-order valence-corrected chi connectivity index (χ3v) is 2.61. The molecule has 1 N–H and O–H groups in total. The summed E-state index contributed by atoms with van der Waals surface area (Å²) in [4.78, 5) is 14.5. The zero-order valence-corrected chi connectivity index (χ0v) is 11.9. The van der Waals surface area contributed by atoms with E-state index in [1.165, 1.54) is 0 Å². The molecule has 0 aliphatic rings. The first kappa shape index (κ1) is 17.0. The normalized spacial score (nSPS) is 11.5. The first-order valence-electron chi connectivity index (χ1n) is 6.74. The van der Waals surface area contributed by atoms with Gasteiger partial charge in [-0.25, -0.2) is 0 Å². The fourth-order valence-corrected chi connectivity index (χ4v) is 1.66. The largest absolute Gasteiger partial charge is 0.491 e. The maximum Gasteiger partial charge on any atom is 0.170 e. The number of carbonyl (C=O) groups excluding carboxylic acids is 1. The Morgan fingerprint density at radius 1 is 1.52 bits per heavy atom. The average Bonchev–Trinajstić information content (AvgIpc) is 2.50. The van der Waals surface area contributed by atoms with E-state index >= 15 is 0 Å². The summed E-state index contributed by atoms with van der Waals surface area (Å²) in [6, 6.07) is 6.83. The molecule has 114 valence electrons. The molecule has 1 atom stereocenters. The number of hydrogen-bond donors (Lipinski definition) is 1. The van der Waals surface area contributed by atoms with E-state index in [0.717, 1.165) is 6.42 Å². The second kappa shape index (κ2) is 9.77.